The maximum absolute atomic E-state index is 11.8. The monoisotopic (exact) mass is 321 g/mol. The third-order valence-corrected chi connectivity index (χ3v) is 3.94. The number of hydrogen-bond donors (Lipinski definition) is 2. The molecular formula is C17H23NO5. The molecule has 0 saturated heterocycles. The van der Waals surface area contributed by atoms with Gasteiger partial charge in [-0.3, -0.25) is 5.32 Å². The number of carboxylic acids is 1. The Morgan fingerprint density at radius 1 is 1.13 bits per heavy atom. The second-order valence-electron chi connectivity index (χ2n) is 5.90. The number of ether oxygens (including phenoxy) is 2. The summed E-state index contributed by atoms with van der Waals surface area (Å²) in [6.45, 7) is 0.588. The molecule has 126 valence electrons. The lowest BCUT2D eigenvalue weighted by molar-refractivity contribution is -0.142. The van der Waals surface area contributed by atoms with E-state index in [0.29, 0.717) is 30.7 Å². The lowest BCUT2D eigenvalue weighted by atomic mass is 9.82. The van der Waals surface area contributed by atoms with Gasteiger partial charge in [-0.05, 0) is 43.2 Å². The van der Waals surface area contributed by atoms with Crippen molar-refractivity contribution in [1.29, 1.82) is 0 Å². The Labute approximate surface area is 135 Å². The van der Waals surface area contributed by atoms with E-state index in [4.69, 9.17) is 14.6 Å². The van der Waals surface area contributed by atoms with E-state index in [1.807, 2.05) is 18.2 Å². The molecule has 0 aliphatic heterocycles. The third kappa shape index (κ3) is 6.69. The first-order valence-corrected chi connectivity index (χ1v) is 7.92. The predicted octanol–water partition coefficient (Wildman–Crippen LogP) is 3.14. The van der Waals surface area contributed by atoms with Gasteiger partial charge in [0, 0.05) is 5.69 Å². The molecule has 2 rings (SSSR count). The first-order chi connectivity index (χ1) is 11.1. The number of carbonyl (C=O) groups is 2. The van der Waals surface area contributed by atoms with E-state index >= 15 is 0 Å². The summed E-state index contributed by atoms with van der Waals surface area (Å²) < 4.78 is 10.5. The number of anilines is 1. The average molecular weight is 321 g/mol. The second-order valence-corrected chi connectivity index (χ2v) is 5.90. The maximum Gasteiger partial charge on any atom is 0.411 e. The highest BCUT2D eigenvalue weighted by Gasteiger charge is 2.23. The summed E-state index contributed by atoms with van der Waals surface area (Å²) in [6.07, 6.45) is 3.56. The summed E-state index contributed by atoms with van der Waals surface area (Å²) in [5.74, 6) is -0.295. The second kappa shape index (κ2) is 9.15. The Kier molecular flexibility index (Phi) is 6.87. The zero-order valence-electron chi connectivity index (χ0n) is 13.1. The number of amides is 1. The van der Waals surface area contributed by atoms with Crippen molar-refractivity contribution >= 4 is 17.7 Å². The van der Waals surface area contributed by atoms with Crippen LogP contribution in [0.1, 0.15) is 25.7 Å². The van der Waals surface area contributed by atoms with E-state index in [9.17, 15) is 9.59 Å². The Morgan fingerprint density at radius 2 is 1.83 bits per heavy atom. The van der Waals surface area contributed by atoms with E-state index in [-0.39, 0.29) is 6.61 Å². The van der Waals surface area contributed by atoms with Gasteiger partial charge in [-0.15, -0.1) is 0 Å². The topological polar surface area (TPSA) is 84.9 Å². The van der Waals surface area contributed by atoms with Crippen LogP contribution in [0.15, 0.2) is 30.3 Å². The third-order valence-electron chi connectivity index (χ3n) is 3.94. The van der Waals surface area contributed by atoms with Crippen molar-refractivity contribution in [1.82, 2.24) is 0 Å². The summed E-state index contributed by atoms with van der Waals surface area (Å²) in [7, 11) is 0. The number of carboxylic acid groups (broad SMARTS) is 1. The van der Waals surface area contributed by atoms with Gasteiger partial charge in [0.15, 0.2) is 0 Å². The standard InChI is InChI=1S/C17H23NO5/c19-16(20)12-22-10-13-5-4-6-14(9-13)11-23-17(21)18-15-7-2-1-3-8-15/h1-3,7-8,13-14H,4-6,9-12H2,(H,18,21)(H,19,20). The van der Waals surface area contributed by atoms with Gasteiger partial charge in [0.25, 0.3) is 0 Å². The minimum atomic E-state index is -0.946. The van der Waals surface area contributed by atoms with Crippen molar-refractivity contribution in [2.45, 2.75) is 25.7 Å². The fourth-order valence-electron chi connectivity index (χ4n) is 2.89. The molecule has 1 aliphatic rings. The van der Waals surface area contributed by atoms with Crippen molar-refractivity contribution in [2.24, 2.45) is 11.8 Å². The Balaban J connectivity index is 1.66. The van der Waals surface area contributed by atoms with Crippen LogP contribution in [0.2, 0.25) is 0 Å². The summed E-state index contributed by atoms with van der Waals surface area (Å²) in [5.41, 5.74) is 0.709. The highest BCUT2D eigenvalue weighted by Crippen LogP contribution is 2.29. The van der Waals surface area contributed by atoms with Gasteiger partial charge in [-0.1, -0.05) is 24.6 Å². The minimum Gasteiger partial charge on any atom is -0.480 e. The molecule has 23 heavy (non-hydrogen) atoms. The molecule has 0 heterocycles. The summed E-state index contributed by atoms with van der Waals surface area (Å²) in [5, 5.41) is 11.3. The summed E-state index contributed by atoms with van der Waals surface area (Å²) in [6, 6.07) is 9.18. The molecule has 1 aromatic carbocycles. The number of benzene rings is 1. The lowest BCUT2D eigenvalue weighted by Crippen LogP contribution is -2.26. The van der Waals surface area contributed by atoms with Crippen LogP contribution in [0.25, 0.3) is 0 Å². The largest absolute Gasteiger partial charge is 0.480 e. The molecule has 6 heteroatoms. The van der Waals surface area contributed by atoms with Crippen molar-refractivity contribution in [3.8, 4) is 0 Å². The zero-order valence-corrected chi connectivity index (χ0v) is 13.1. The van der Waals surface area contributed by atoms with Gasteiger partial charge in [-0.2, -0.15) is 0 Å². The van der Waals surface area contributed by atoms with Crippen LogP contribution in [-0.4, -0.2) is 37.0 Å². The van der Waals surface area contributed by atoms with Crippen LogP contribution in [0, 0.1) is 11.8 Å². The molecule has 1 amide bonds. The van der Waals surface area contributed by atoms with Crippen LogP contribution in [0.5, 0.6) is 0 Å². The first kappa shape index (κ1) is 17.3. The molecule has 2 unspecified atom stereocenters. The van der Waals surface area contributed by atoms with Crippen LogP contribution in [0.4, 0.5) is 10.5 Å². The Bertz CT molecular complexity index is 505. The predicted molar refractivity (Wildman–Crippen MR) is 85.3 cm³/mol. The van der Waals surface area contributed by atoms with E-state index < -0.39 is 12.1 Å². The molecule has 0 bridgehead atoms. The normalized spacial score (nSPS) is 20.7. The molecule has 0 spiro atoms. The fraction of sp³-hybridized carbons (Fsp3) is 0.529. The fourth-order valence-corrected chi connectivity index (χ4v) is 2.89. The Hall–Kier alpha value is -2.08. The molecule has 1 aliphatic carbocycles. The van der Waals surface area contributed by atoms with Crippen LogP contribution < -0.4 is 5.32 Å². The number of para-hydroxylation sites is 1. The molecular weight excluding hydrogens is 298 g/mol. The van der Waals surface area contributed by atoms with E-state index in [2.05, 4.69) is 5.32 Å². The molecule has 1 aromatic rings. The van der Waals surface area contributed by atoms with Gasteiger partial charge in [0.1, 0.15) is 6.61 Å². The number of rotatable bonds is 7. The van der Waals surface area contributed by atoms with Crippen LogP contribution in [0.3, 0.4) is 0 Å². The minimum absolute atomic E-state index is 0.253. The van der Waals surface area contributed by atoms with Gasteiger partial charge in [-0.25, -0.2) is 9.59 Å². The average Bonchev–Trinajstić information content (AvgIpc) is 2.54. The lowest BCUT2D eigenvalue weighted by Gasteiger charge is -2.28. The van der Waals surface area contributed by atoms with Gasteiger partial charge >= 0.3 is 12.1 Å². The van der Waals surface area contributed by atoms with E-state index in [0.717, 1.165) is 25.7 Å². The zero-order chi connectivity index (χ0) is 16.5. The van der Waals surface area contributed by atoms with Crippen LogP contribution in [-0.2, 0) is 14.3 Å². The van der Waals surface area contributed by atoms with Crippen molar-refractivity contribution in [3.63, 3.8) is 0 Å². The molecule has 2 atom stereocenters. The van der Waals surface area contributed by atoms with Crippen molar-refractivity contribution < 1.29 is 24.2 Å². The molecule has 6 nitrogen and oxygen atoms in total. The SMILES string of the molecule is O=C(O)COCC1CCCC(COC(=O)Nc2ccccc2)C1. The molecule has 0 radical (unpaired) electrons. The summed E-state index contributed by atoms with van der Waals surface area (Å²) >= 11 is 0. The van der Waals surface area contributed by atoms with Crippen molar-refractivity contribution in [3.05, 3.63) is 30.3 Å². The quantitative estimate of drug-likeness (QED) is 0.806. The van der Waals surface area contributed by atoms with E-state index in [1.165, 1.54) is 0 Å². The molecule has 1 saturated carbocycles. The number of carbonyl (C=O) groups excluding carboxylic acids is 1. The summed E-state index contributed by atoms with van der Waals surface area (Å²) in [4.78, 5) is 22.2. The van der Waals surface area contributed by atoms with Gasteiger partial charge < -0.3 is 14.6 Å². The van der Waals surface area contributed by atoms with Crippen molar-refractivity contribution in [2.75, 3.05) is 25.1 Å². The van der Waals surface area contributed by atoms with Crippen LogP contribution >= 0.6 is 0 Å². The smallest absolute Gasteiger partial charge is 0.411 e. The van der Waals surface area contributed by atoms with Gasteiger partial charge in [0.2, 0.25) is 0 Å². The number of hydrogen-bond acceptors (Lipinski definition) is 4. The Morgan fingerprint density at radius 3 is 2.52 bits per heavy atom. The number of nitrogens with one attached hydrogen (secondary N) is 1. The van der Waals surface area contributed by atoms with E-state index in [1.54, 1.807) is 12.1 Å². The molecule has 1 fully saturated rings. The highest BCUT2D eigenvalue weighted by molar-refractivity contribution is 5.84. The molecule has 0 aromatic heterocycles. The highest BCUT2D eigenvalue weighted by atomic mass is 16.5. The number of aliphatic carboxylic acids is 1. The maximum atomic E-state index is 11.8. The van der Waals surface area contributed by atoms with Gasteiger partial charge in [0.05, 0.1) is 13.2 Å². The molecule has 2 N–H and O–H groups in total. The first-order valence-electron chi connectivity index (χ1n) is 7.92.